The first kappa shape index (κ1) is 20.3. The zero-order chi connectivity index (χ0) is 22.2. The minimum Gasteiger partial charge on any atom is -0.336 e. The number of nitrogens with zero attached hydrogens (tertiary/aromatic N) is 5. The molecule has 0 unspecified atom stereocenters. The van der Waals surface area contributed by atoms with Crippen molar-refractivity contribution < 1.29 is 9.18 Å². The molecule has 1 aliphatic heterocycles. The Kier molecular flexibility index (Phi) is 5.17. The van der Waals surface area contributed by atoms with Gasteiger partial charge in [0.2, 0.25) is 0 Å². The fourth-order valence-corrected chi connectivity index (χ4v) is 5.15. The molecule has 0 bridgehead atoms. The molecule has 1 aromatic carbocycles. The highest BCUT2D eigenvalue weighted by atomic mass is 32.1. The number of nitrogens with two attached hydrogens (primary N) is 1. The van der Waals surface area contributed by atoms with E-state index in [0.717, 1.165) is 28.8 Å². The van der Waals surface area contributed by atoms with Crippen LogP contribution in [0.2, 0.25) is 0 Å². The number of piperidine rings is 1. The standard InChI is InChI=1S/C23H19FN6OS/c24-19-8-14(3-4-15(19)10-25)18-9-20(23(31)29-7-1-2-17(26)12-29)32-22(18)16-5-6-21-28-27-13-30(21)11-16/h3-6,8-9,11,13,17H,1-2,7,12,26H2/t17-/m1/s1. The van der Waals surface area contributed by atoms with Crippen LogP contribution in [0.25, 0.3) is 27.2 Å². The first-order valence-electron chi connectivity index (χ1n) is 10.2. The van der Waals surface area contributed by atoms with Gasteiger partial charge in [-0.25, -0.2) is 4.39 Å². The Balaban J connectivity index is 1.62. The summed E-state index contributed by atoms with van der Waals surface area (Å²) in [4.78, 5) is 16.4. The SMILES string of the molecule is N#Cc1ccc(-c2cc(C(=O)N3CCC[C@@H](N)C3)sc2-c2ccc3nncn3c2)cc1F. The number of rotatable bonds is 3. The van der Waals surface area contributed by atoms with E-state index in [9.17, 15) is 9.18 Å². The van der Waals surface area contributed by atoms with Crippen molar-refractivity contribution in [3.8, 4) is 27.6 Å². The minimum absolute atomic E-state index is 0.0182. The molecule has 160 valence electrons. The molecule has 0 saturated carbocycles. The number of carbonyl (C=O) groups is 1. The molecule has 0 spiro atoms. The summed E-state index contributed by atoms with van der Waals surface area (Å²) >= 11 is 1.36. The van der Waals surface area contributed by atoms with Crippen LogP contribution in [-0.4, -0.2) is 44.5 Å². The molecule has 0 radical (unpaired) electrons. The zero-order valence-corrected chi connectivity index (χ0v) is 17.8. The van der Waals surface area contributed by atoms with Crippen molar-refractivity contribution >= 4 is 22.9 Å². The molecule has 1 amide bonds. The first-order valence-corrected chi connectivity index (χ1v) is 11.0. The third-order valence-electron chi connectivity index (χ3n) is 5.64. The van der Waals surface area contributed by atoms with Crippen LogP contribution in [0.5, 0.6) is 0 Å². The number of nitriles is 1. The summed E-state index contributed by atoms with van der Waals surface area (Å²) in [6.07, 6.45) is 5.28. The lowest BCUT2D eigenvalue weighted by Crippen LogP contribution is -2.45. The predicted octanol–water partition coefficient (Wildman–Crippen LogP) is 3.70. The highest BCUT2D eigenvalue weighted by molar-refractivity contribution is 7.18. The summed E-state index contributed by atoms with van der Waals surface area (Å²) < 4.78 is 16.2. The second-order valence-electron chi connectivity index (χ2n) is 7.83. The van der Waals surface area contributed by atoms with Crippen molar-refractivity contribution in [2.45, 2.75) is 18.9 Å². The van der Waals surface area contributed by atoms with Crippen molar-refractivity contribution in [1.82, 2.24) is 19.5 Å². The Morgan fingerprint density at radius 2 is 2.09 bits per heavy atom. The Hall–Kier alpha value is -3.61. The van der Waals surface area contributed by atoms with E-state index < -0.39 is 5.82 Å². The number of benzene rings is 1. The van der Waals surface area contributed by atoms with E-state index in [1.165, 1.54) is 23.5 Å². The number of hydrogen-bond donors (Lipinski definition) is 1. The molecule has 5 rings (SSSR count). The third kappa shape index (κ3) is 3.64. The monoisotopic (exact) mass is 446 g/mol. The largest absolute Gasteiger partial charge is 0.336 e. The van der Waals surface area contributed by atoms with E-state index in [1.807, 2.05) is 24.4 Å². The van der Waals surface area contributed by atoms with E-state index in [4.69, 9.17) is 11.0 Å². The predicted molar refractivity (Wildman–Crippen MR) is 120 cm³/mol. The van der Waals surface area contributed by atoms with Crippen LogP contribution < -0.4 is 5.73 Å². The number of amides is 1. The van der Waals surface area contributed by atoms with Crippen LogP contribution >= 0.6 is 11.3 Å². The van der Waals surface area contributed by atoms with Gasteiger partial charge in [-0.2, -0.15) is 5.26 Å². The van der Waals surface area contributed by atoms with Crippen molar-refractivity contribution in [2.75, 3.05) is 13.1 Å². The fraction of sp³-hybridized carbons (Fsp3) is 0.217. The van der Waals surface area contributed by atoms with Crippen LogP contribution in [-0.2, 0) is 0 Å². The molecule has 9 heteroatoms. The lowest BCUT2D eigenvalue weighted by molar-refractivity contribution is 0.0714. The summed E-state index contributed by atoms with van der Waals surface area (Å²) in [7, 11) is 0. The van der Waals surface area contributed by atoms with Crippen molar-refractivity contribution in [3.63, 3.8) is 0 Å². The van der Waals surface area contributed by atoms with Gasteiger partial charge in [-0.15, -0.1) is 21.5 Å². The lowest BCUT2D eigenvalue weighted by Gasteiger charge is -2.30. The van der Waals surface area contributed by atoms with E-state index in [1.54, 1.807) is 27.8 Å². The van der Waals surface area contributed by atoms with E-state index in [-0.39, 0.29) is 17.5 Å². The van der Waals surface area contributed by atoms with Crippen LogP contribution in [0.15, 0.2) is 48.9 Å². The van der Waals surface area contributed by atoms with Gasteiger partial charge in [0.15, 0.2) is 5.65 Å². The van der Waals surface area contributed by atoms with Gasteiger partial charge in [0.05, 0.1) is 10.4 Å². The smallest absolute Gasteiger partial charge is 0.264 e. The number of fused-ring (bicyclic) bond motifs is 1. The molecule has 7 nitrogen and oxygen atoms in total. The molecule has 4 heterocycles. The quantitative estimate of drug-likeness (QED) is 0.517. The molecule has 3 aromatic heterocycles. The number of halogens is 1. The Morgan fingerprint density at radius 3 is 2.88 bits per heavy atom. The molecular formula is C23H19FN6OS. The second-order valence-corrected chi connectivity index (χ2v) is 8.88. The van der Waals surface area contributed by atoms with Gasteiger partial charge in [-0.05, 0) is 48.7 Å². The third-order valence-corrected chi connectivity index (χ3v) is 6.81. The van der Waals surface area contributed by atoms with Crippen LogP contribution in [0.4, 0.5) is 4.39 Å². The molecule has 0 aliphatic carbocycles. The van der Waals surface area contributed by atoms with Gasteiger partial charge in [-0.1, -0.05) is 6.07 Å². The maximum Gasteiger partial charge on any atom is 0.264 e. The van der Waals surface area contributed by atoms with Gasteiger partial charge in [0.25, 0.3) is 5.91 Å². The van der Waals surface area contributed by atoms with Gasteiger partial charge in [0.1, 0.15) is 18.2 Å². The van der Waals surface area contributed by atoms with Gasteiger partial charge in [-0.3, -0.25) is 9.20 Å². The molecule has 1 atom stereocenters. The maximum absolute atomic E-state index is 14.4. The van der Waals surface area contributed by atoms with E-state index in [2.05, 4.69) is 10.2 Å². The molecule has 4 aromatic rings. The van der Waals surface area contributed by atoms with Gasteiger partial charge < -0.3 is 10.6 Å². The average molecular weight is 447 g/mol. The van der Waals surface area contributed by atoms with Crippen molar-refractivity contribution in [3.05, 3.63) is 65.2 Å². The Morgan fingerprint density at radius 1 is 1.25 bits per heavy atom. The van der Waals surface area contributed by atoms with E-state index in [0.29, 0.717) is 29.2 Å². The fourth-order valence-electron chi connectivity index (χ4n) is 4.01. The van der Waals surface area contributed by atoms with E-state index >= 15 is 0 Å². The molecule has 1 aliphatic rings. The highest BCUT2D eigenvalue weighted by Gasteiger charge is 2.26. The number of likely N-dealkylation sites (tertiary alicyclic amines) is 1. The normalized spacial score (nSPS) is 16.3. The number of thiophene rings is 1. The van der Waals surface area contributed by atoms with Crippen LogP contribution in [0.1, 0.15) is 28.1 Å². The first-order chi connectivity index (χ1) is 15.5. The van der Waals surface area contributed by atoms with Crippen LogP contribution in [0.3, 0.4) is 0 Å². The summed E-state index contributed by atoms with van der Waals surface area (Å²) in [5.41, 5.74) is 8.95. The average Bonchev–Trinajstić information content (AvgIpc) is 3.45. The van der Waals surface area contributed by atoms with Gasteiger partial charge in [0, 0.05) is 41.3 Å². The zero-order valence-electron chi connectivity index (χ0n) is 17.0. The van der Waals surface area contributed by atoms with Crippen molar-refractivity contribution in [1.29, 1.82) is 5.26 Å². The van der Waals surface area contributed by atoms with Gasteiger partial charge >= 0.3 is 0 Å². The number of pyridine rings is 1. The maximum atomic E-state index is 14.4. The molecule has 2 N–H and O–H groups in total. The van der Waals surface area contributed by atoms with Crippen molar-refractivity contribution in [2.24, 2.45) is 5.73 Å². The summed E-state index contributed by atoms with van der Waals surface area (Å²) in [6.45, 7) is 1.20. The number of carbonyl (C=O) groups excluding carboxylic acids is 1. The minimum atomic E-state index is -0.591. The summed E-state index contributed by atoms with van der Waals surface area (Å²) in [6, 6.07) is 11.9. The number of aromatic nitrogens is 3. The summed E-state index contributed by atoms with van der Waals surface area (Å²) in [5, 5.41) is 17.0. The molecular weight excluding hydrogens is 427 g/mol. The number of hydrogen-bond acceptors (Lipinski definition) is 6. The molecule has 1 fully saturated rings. The topological polar surface area (TPSA) is 100 Å². The molecule has 1 saturated heterocycles. The second kappa shape index (κ2) is 8.15. The highest BCUT2D eigenvalue weighted by Crippen LogP contribution is 2.40. The Labute approximate surface area is 187 Å². The lowest BCUT2D eigenvalue weighted by atomic mass is 10.0. The Bertz CT molecular complexity index is 1370. The van der Waals surface area contributed by atoms with Crippen LogP contribution in [0, 0.1) is 17.1 Å². The molecule has 32 heavy (non-hydrogen) atoms. The summed E-state index contributed by atoms with van der Waals surface area (Å²) in [5.74, 6) is -0.663.